The van der Waals surface area contributed by atoms with Crippen LogP contribution in [0.3, 0.4) is 0 Å². The van der Waals surface area contributed by atoms with Crippen molar-refractivity contribution in [3.05, 3.63) is 35.4 Å². The Kier molecular flexibility index (Phi) is 6.73. The molecule has 1 aromatic carbocycles. The molecule has 0 saturated carbocycles. The molecule has 0 saturated heterocycles. The molecule has 14 heavy (non-hydrogen) atoms. The van der Waals surface area contributed by atoms with Gasteiger partial charge in [0.2, 0.25) is 0 Å². The molecule has 0 aliphatic heterocycles. The van der Waals surface area contributed by atoms with Gasteiger partial charge in [-0.25, -0.2) is 0 Å². The van der Waals surface area contributed by atoms with E-state index in [2.05, 4.69) is 0 Å². The van der Waals surface area contributed by atoms with E-state index in [9.17, 15) is 4.79 Å². The van der Waals surface area contributed by atoms with Gasteiger partial charge in [0.1, 0.15) is 5.78 Å². The fraction of sp³-hybridized carbons (Fsp3) is 0.462. The van der Waals surface area contributed by atoms with Gasteiger partial charge in [-0.15, -0.1) is 0 Å². The standard InChI is InChI=1S/C11H14O.C2H6/c1-3-11(12)8-10-6-4-9(2)5-7-10;1-2/h4-7H,3,8H2,1-2H3;1-2H3. The van der Waals surface area contributed by atoms with E-state index in [1.54, 1.807) is 0 Å². The molecule has 1 aromatic rings. The molecular formula is C13H20O. The summed E-state index contributed by atoms with van der Waals surface area (Å²) >= 11 is 0. The predicted octanol–water partition coefficient (Wildman–Crippen LogP) is 3.54. The van der Waals surface area contributed by atoms with Crippen LogP contribution in [0.15, 0.2) is 24.3 Å². The third-order valence-corrected chi connectivity index (χ3v) is 1.92. The lowest BCUT2D eigenvalue weighted by Gasteiger charge is -1.98. The van der Waals surface area contributed by atoms with E-state index < -0.39 is 0 Å². The zero-order valence-electron chi connectivity index (χ0n) is 9.63. The van der Waals surface area contributed by atoms with Gasteiger partial charge in [-0.05, 0) is 12.5 Å². The van der Waals surface area contributed by atoms with Crippen LogP contribution in [-0.4, -0.2) is 5.78 Å². The van der Waals surface area contributed by atoms with Gasteiger partial charge in [-0.2, -0.15) is 0 Å². The van der Waals surface area contributed by atoms with Gasteiger partial charge >= 0.3 is 0 Å². The second kappa shape index (κ2) is 7.31. The highest BCUT2D eigenvalue weighted by atomic mass is 16.1. The smallest absolute Gasteiger partial charge is 0.136 e. The van der Waals surface area contributed by atoms with Crippen molar-refractivity contribution in [3.8, 4) is 0 Å². The second-order valence-corrected chi connectivity index (χ2v) is 3.05. The van der Waals surface area contributed by atoms with Crippen LogP contribution in [0, 0.1) is 6.92 Å². The molecule has 1 nitrogen and oxygen atoms in total. The fourth-order valence-corrected chi connectivity index (χ4v) is 1.06. The Labute approximate surface area is 87.2 Å². The lowest BCUT2D eigenvalue weighted by molar-refractivity contribution is -0.118. The van der Waals surface area contributed by atoms with Gasteiger partial charge in [0.15, 0.2) is 0 Å². The summed E-state index contributed by atoms with van der Waals surface area (Å²) in [5.74, 6) is 0.304. The maximum absolute atomic E-state index is 11.1. The summed E-state index contributed by atoms with van der Waals surface area (Å²) in [5.41, 5.74) is 2.36. The molecule has 0 heterocycles. The van der Waals surface area contributed by atoms with Crippen LogP contribution in [0.25, 0.3) is 0 Å². The average Bonchev–Trinajstić information content (AvgIpc) is 2.24. The first-order valence-electron chi connectivity index (χ1n) is 5.29. The molecule has 0 aromatic heterocycles. The number of carbonyl (C=O) groups is 1. The predicted molar refractivity (Wildman–Crippen MR) is 61.5 cm³/mol. The summed E-state index contributed by atoms with van der Waals surface area (Å²) in [7, 11) is 0. The third kappa shape index (κ3) is 4.80. The van der Waals surface area contributed by atoms with Crippen molar-refractivity contribution in [1.29, 1.82) is 0 Å². The minimum Gasteiger partial charge on any atom is -0.299 e. The maximum Gasteiger partial charge on any atom is 0.136 e. The molecule has 0 fully saturated rings. The van der Waals surface area contributed by atoms with Gasteiger partial charge in [0.25, 0.3) is 0 Å². The van der Waals surface area contributed by atoms with Crippen LogP contribution < -0.4 is 0 Å². The van der Waals surface area contributed by atoms with Crippen molar-refractivity contribution in [2.75, 3.05) is 0 Å². The average molecular weight is 192 g/mol. The fourth-order valence-electron chi connectivity index (χ4n) is 1.06. The minimum absolute atomic E-state index is 0.304. The van der Waals surface area contributed by atoms with E-state index in [1.807, 2.05) is 52.0 Å². The Bertz CT molecular complexity index is 259. The highest BCUT2D eigenvalue weighted by Crippen LogP contribution is 2.04. The van der Waals surface area contributed by atoms with Crippen molar-refractivity contribution in [1.82, 2.24) is 0 Å². The quantitative estimate of drug-likeness (QED) is 0.716. The van der Waals surface area contributed by atoms with Crippen LogP contribution in [0.1, 0.15) is 38.3 Å². The first-order valence-corrected chi connectivity index (χ1v) is 5.29. The number of hydrogen-bond donors (Lipinski definition) is 0. The Hall–Kier alpha value is -1.11. The molecule has 0 N–H and O–H groups in total. The Morgan fingerprint density at radius 2 is 1.64 bits per heavy atom. The number of rotatable bonds is 3. The largest absolute Gasteiger partial charge is 0.299 e. The van der Waals surface area contributed by atoms with E-state index in [-0.39, 0.29) is 0 Å². The van der Waals surface area contributed by atoms with Gasteiger partial charge < -0.3 is 0 Å². The Morgan fingerprint density at radius 1 is 1.14 bits per heavy atom. The van der Waals surface area contributed by atoms with Crippen molar-refractivity contribution >= 4 is 5.78 Å². The van der Waals surface area contributed by atoms with Crippen LogP contribution in [0.2, 0.25) is 0 Å². The molecule has 1 heteroatoms. The first kappa shape index (κ1) is 12.9. The lowest BCUT2D eigenvalue weighted by Crippen LogP contribution is -1.99. The van der Waals surface area contributed by atoms with Crippen LogP contribution in [0.5, 0.6) is 0 Å². The molecule has 0 spiro atoms. The number of benzene rings is 1. The van der Waals surface area contributed by atoms with Crippen molar-refractivity contribution < 1.29 is 4.79 Å². The zero-order chi connectivity index (χ0) is 11.0. The molecule has 0 aliphatic rings. The lowest BCUT2D eigenvalue weighted by atomic mass is 10.1. The SMILES string of the molecule is CC.CCC(=O)Cc1ccc(C)cc1. The number of hydrogen-bond acceptors (Lipinski definition) is 1. The minimum atomic E-state index is 0.304. The number of aryl methyl sites for hydroxylation is 1. The number of Topliss-reactive ketones (excluding diaryl/α,β-unsaturated/α-hetero) is 1. The molecule has 0 radical (unpaired) electrons. The van der Waals surface area contributed by atoms with Gasteiger partial charge in [-0.3, -0.25) is 4.79 Å². The summed E-state index contributed by atoms with van der Waals surface area (Å²) in [4.78, 5) is 11.1. The molecule has 1 rings (SSSR count). The van der Waals surface area contributed by atoms with Gasteiger partial charge in [0.05, 0.1) is 0 Å². The molecule has 0 unspecified atom stereocenters. The van der Waals surface area contributed by atoms with Crippen LogP contribution in [0.4, 0.5) is 0 Å². The van der Waals surface area contributed by atoms with Gasteiger partial charge in [-0.1, -0.05) is 50.6 Å². The summed E-state index contributed by atoms with van der Waals surface area (Å²) in [6.45, 7) is 7.95. The highest BCUT2D eigenvalue weighted by molar-refractivity contribution is 5.80. The molecule has 0 aliphatic carbocycles. The summed E-state index contributed by atoms with van der Waals surface area (Å²) in [6.07, 6.45) is 1.21. The van der Waals surface area contributed by atoms with E-state index in [0.29, 0.717) is 18.6 Å². The van der Waals surface area contributed by atoms with Crippen LogP contribution in [-0.2, 0) is 11.2 Å². The third-order valence-electron chi connectivity index (χ3n) is 1.92. The molecular weight excluding hydrogens is 172 g/mol. The summed E-state index contributed by atoms with van der Waals surface area (Å²) < 4.78 is 0. The molecule has 0 bridgehead atoms. The normalized spacial score (nSPS) is 8.86. The van der Waals surface area contributed by atoms with E-state index in [1.165, 1.54) is 5.56 Å². The molecule has 0 amide bonds. The molecule has 0 atom stereocenters. The first-order chi connectivity index (χ1) is 6.72. The van der Waals surface area contributed by atoms with E-state index in [0.717, 1.165) is 5.56 Å². The topological polar surface area (TPSA) is 17.1 Å². The number of ketones is 1. The van der Waals surface area contributed by atoms with E-state index in [4.69, 9.17) is 0 Å². The Balaban J connectivity index is 0.000000791. The van der Waals surface area contributed by atoms with E-state index >= 15 is 0 Å². The maximum atomic E-state index is 11.1. The summed E-state index contributed by atoms with van der Waals surface area (Å²) in [6, 6.07) is 8.11. The monoisotopic (exact) mass is 192 g/mol. The Morgan fingerprint density at radius 3 is 2.07 bits per heavy atom. The zero-order valence-corrected chi connectivity index (χ0v) is 9.63. The molecule has 78 valence electrons. The van der Waals surface area contributed by atoms with Crippen molar-refractivity contribution in [2.45, 2.75) is 40.5 Å². The highest BCUT2D eigenvalue weighted by Gasteiger charge is 1.99. The second-order valence-electron chi connectivity index (χ2n) is 3.05. The van der Waals surface area contributed by atoms with Crippen LogP contribution >= 0.6 is 0 Å². The summed E-state index contributed by atoms with van der Waals surface area (Å²) in [5, 5.41) is 0. The van der Waals surface area contributed by atoms with Crippen molar-refractivity contribution in [2.24, 2.45) is 0 Å². The number of carbonyl (C=O) groups excluding carboxylic acids is 1. The van der Waals surface area contributed by atoms with Crippen molar-refractivity contribution in [3.63, 3.8) is 0 Å². The van der Waals surface area contributed by atoms with Gasteiger partial charge in [0, 0.05) is 12.8 Å².